The predicted octanol–water partition coefficient (Wildman–Crippen LogP) is 7.73. The van der Waals surface area contributed by atoms with Crippen LogP contribution in [0, 0.1) is 0 Å². The molecule has 0 aliphatic heterocycles. The minimum Gasteiger partial charge on any atom is -0.368 e. The van der Waals surface area contributed by atoms with Gasteiger partial charge in [0.2, 0.25) is 0 Å². The van der Waals surface area contributed by atoms with Crippen LogP contribution in [0.25, 0.3) is 0 Å². The predicted molar refractivity (Wildman–Crippen MR) is 130 cm³/mol. The molecule has 0 bridgehead atoms. The molecule has 3 nitrogen and oxygen atoms in total. The quantitative estimate of drug-likeness (QED) is 0.166. The van der Waals surface area contributed by atoms with E-state index in [4.69, 9.17) is 39.5 Å². The van der Waals surface area contributed by atoms with Crippen molar-refractivity contribution < 1.29 is 14.6 Å². The molecular weight excluding hydrogens is 455 g/mol. The van der Waals surface area contributed by atoms with Crippen LogP contribution in [0.2, 0.25) is 0 Å². The third-order valence-corrected chi connectivity index (χ3v) is 6.66. The lowest BCUT2D eigenvalue weighted by molar-refractivity contribution is 0.0710. The van der Waals surface area contributed by atoms with Crippen molar-refractivity contribution in [3.05, 3.63) is 58.7 Å². The van der Waals surface area contributed by atoms with Crippen molar-refractivity contribution in [2.24, 2.45) is 0 Å². The van der Waals surface area contributed by atoms with Crippen molar-refractivity contribution in [1.82, 2.24) is 0 Å². The van der Waals surface area contributed by atoms with E-state index in [0.29, 0.717) is 12.2 Å². The summed E-state index contributed by atoms with van der Waals surface area (Å²) in [4.78, 5) is 12.9. The molecule has 31 heavy (non-hydrogen) atoms. The SMILES string of the molecule is CCCCCCCCCCCCOC1(Cl)C=C(C(=O)c2ccccc2)C(O)(Cl)C=C1Cl. The Labute approximate surface area is 201 Å². The first-order valence-electron chi connectivity index (χ1n) is 11.3. The monoisotopic (exact) mass is 486 g/mol. The summed E-state index contributed by atoms with van der Waals surface area (Å²) in [6, 6.07) is 8.58. The van der Waals surface area contributed by atoms with Gasteiger partial charge in [0.1, 0.15) is 0 Å². The molecule has 1 aliphatic carbocycles. The highest BCUT2D eigenvalue weighted by atomic mass is 35.5. The van der Waals surface area contributed by atoms with Crippen molar-refractivity contribution in [3.63, 3.8) is 0 Å². The van der Waals surface area contributed by atoms with Gasteiger partial charge in [0.25, 0.3) is 0 Å². The average Bonchev–Trinajstić information content (AvgIpc) is 2.75. The van der Waals surface area contributed by atoms with E-state index >= 15 is 0 Å². The average molecular weight is 488 g/mol. The summed E-state index contributed by atoms with van der Waals surface area (Å²) < 4.78 is 5.83. The molecule has 2 rings (SSSR count). The number of ether oxygens (including phenoxy) is 1. The lowest BCUT2D eigenvalue weighted by Gasteiger charge is -2.33. The number of halogens is 3. The number of benzene rings is 1. The van der Waals surface area contributed by atoms with E-state index < -0.39 is 15.9 Å². The molecule has 6 heteroatoms. The van der Waals surface area contributed by atoms with E-state index in [2.05, 4.69) is 6.92 Å². The maximum absolute atomic E-state index is 12.9. The molecule has 0 spiro atoms. The zero-order chi connectivity index (χ0) is 22.7. The Balaban J connectivity index is 1.84. The molecule has 1 aliphatic rings. The van der Waals surface area contributed by atoms with Gasteiger partial charge in [0.05, 0.1) is 10.6 Å². The molecule has 0 heterocycles. The summed E-state index contributed by atoms with van der Waals surface area (Å²) >= 11 is 19.0. The van der Waals surface area contributed by atoms with Crippen LogP contribution in [-0.4, -0.2) is 27.6 Å². The van der Waals surface area contributed by atoms with Crippen LogP contribution in [0.4, 0.5) is 0 Å². The Morgan fingerprint density at radius 2 is 1.45 bits per heavy atom. The first-order chi connectivity index (χ1) is 14.8. The van der Waals surface area contributed by atoms with Gasteiger partial charge in [-0.3, -0.25) is 4.79 Å². The minimum absolute atomic E-state index is 0.0448. The standard InChI is InChI=1S/C25H33Cl3O3/c1-2-3-4-5-6-7-8-9-10-14-17-31-25(28)18-21(24(27,30)19-22(25)26)23(29)20-15-12-11-13-16-20/h11-13,15-16,18-19,30H,2-10,14,17H2,1H3. The second-order valence-corrected chi connectivity index (χ2v) is 9.64. The van der Waals surface area contributed by atoms with Crippen molar-refractivity contribution in [1.29, 1.82) is 0 Å². The number of hydrogen-bond acceptors (Lipinski definition) is 3. The van der Waals surface area contributed by atoms with Crippen LogP contribution >= 0.6 is 34.8 Å². The smallest absolute Gasteiger partial charge is 0.197 e. The van der Waals surface area contributed by atoms with E-state index in [1.165, 1.54) is 51.0 Å². The van der Waals surface area contributed by atoms with Crippen molar-refractivity contribution in [2.75, 3.05) is 6.61 Å². The van der Waals surface area contributed by atoms with Gasteiger partial charge in [-0.2, -0.15) is 0 Å². The molecule has 0 aromatic heterocycles. The van der Waals surface area contributed by atoms with Gasteiger partial charge in [-0.05, 0) is 18.6 Å². The molecule has 2 unspecified atom stereocenters. The third kappa shape index (κ3) is 8.22. The normalized spacial score (nSPS) is 23.4. The third-order valence-electron chi connectivity index (χ3n) is 5.44. The highest BCUT2D eigenvalue weighted by Gasteiger charge is 2.44. The zero-order valence-electron chi connectivity index (χ0n) is 18.2. The fraction of sp³-hybridized carbons (Fsp3) is 0.560. The number of ketones is 1. The second kappa shape index (κ2) is 13.0. The molecule has 0 amide bonds. The van der Waals surface area contributed by atoms with Crippen molar-refractivity contribution in [2.45, 2.75) is 81.3 Å². The van der Waals surface area contributed by atoms with Gasteiger partial charge in [-0.15, -0.1) is 0 Å². The number of hydrogen-bond donors (Lipinski definition) is 1. The molecule has 1 N–H and O–H groups in total. The Morgan fingerprint density at radius 1 is 0.903 bits per heavy atom. The number of rotatable bonds is 14. The molecule has 1 aromatic rings. The number of aliphatic hydroxyl groups is 1. The summed E-state index contributed by atoms with van der Waals surface area (Å²) in [5.41, 5.74) is 0.329. The van der Waals surface area contributed by atoms with E-state index in [9.17, 15) is 9.90 Å². The van der Waals surface area contributed by atoms with E-state index in [1.807, 2.05) is 0 Å². The Kier molecular flexibility index (Phi) is 11.1. The van der Waals surface area contributed by atoms with E-state index in [0.717, 1.165) is 25.3 Å². The minimum atomic E-state index is -2.04. The van der Waals surface area contributed by atoms with Gasteiger partial charge in [-0.25, -0.2) is 0 Å². The summed E-state index contributed by atoms with van der Waals surface area (Å²) in [6.45, 7) is 2.63. The van der Waals surface area contributed by atoms with Gasteiger partial charge in [0, 0.05) is 12.2 Å². The second-order valence-electron chi connectivity index (χ2n) is 8.09. The van der Waals surface area contributed by atoms with Crippen molar-refractivity contribution >= 4 is 40.6 Å². The first-order valence-corrected chi connectivity index (χ1v) is 12.4. The van der Waals surface area contributed by atoms with Crippen LogP contribution in [-0.2, 0) is 4.74 Å². The number of carbonyl (C=O) groups is 1. The van der Waals surface area contributed by atoms with Crippen LogP contribution in [0.3, 0.4) is 0 Å². The number of unbranched alkanes of at least 4 members (excludes halogenated alkanes) is 9. The van der Waals surface area contributed by atoms with Gasteiger partial charge < -0.3 is 9.84 Å². The molecule has 1 aromatic carbocycles. The summed E-state index contributed by atoms with van der Waals surface area (Å²) in [7, 11) is 0. The zero-order valence-corrected chi connectivity index (χ0v) is 20.5. The van der Waals surface area contributed by atoms with E-state index in [1.54, 1.807) is 30.3 Å². The molecule has 0 saturated heterocycles. The van der Waals surface area contributed by atoms with Gasteiger partial charge >= 0.3 is 0 Å². The molecular formula is C25H33Cl3O3. The van der Waals surface area contributed by atoms with Crippen LogP contribution in [0.5, 0.6) is 0 Å². The number of Topliss-reactive ketones (excluding diaryl/α,β-unsaturated/α-hetero) is 1. The highest BCUT2D eigenvalue weighted by molar-refractivity contribution is 6.42. The Hall–Kier alpha value is -0.840. The molecule has 0 saturated carbocycles. The van der Waals surface area contributed by atoms with Gasteiger partial charge in [0.15, 0.2) is 15.9 Å². The Morgan fingerprint density at radius 3 is 2.03 bits per heavy atom. The van der Waals surface area contributed by atoms with Crippen LogP contribution in [0.1, 0.15) is 81.5 Å². The highest BCUT2D eigenvalue weighted by Crippen LogP contribution is 2.43. The molecule has 2 atom stereocenters. The summed E-state index contributed by atoms with van der Waals surface area (Å²) in [5, 5.41) is 7.02. The van der Waals surface area contributed by atoms with Gasteiger partial charge in [-0.1, -0.05) is 130 Å². The number of alkyl halides is 2. The molecule has 172 valence electrons. The van der Waals surface area contributed by atoms with Crippen molar-refractivity contribution in [3.8, 4) is 0 Å². The lowest BCUT2D eigenvalue weighted by atomic mass is 9.92. The fourth-order valence-electron chi connectivity index (χ4n) is 3.59. The van der Waals surface area contributed by atoms with Crippen LogP contribution < -0.4 is 0 Å². The topological polar surface area (TPSA) is 46.5 Å². The largest absolute Gasteiger partial charge is 0.368 e. The number of carbonyl (C=O) groups excluding carboxylic acids is 1. The summed E-state index contributed by atoms with van der Waals surface area (Å²) in [5.74, 6) is -0.425. The maximum Gasteiger partial charge on any atom is 0.197 e. The van der Waals surface area contributed by atoms with E-state index in [-0.39, 0.29) is 10.6 Å². The van der Waals surface area contributed by atoms with Crippen LogP contribution in [0.15, 0.2) is 53.1 Å². The molecule has 0 radical (unpaired) electrons. The first kappa shape index (κ1) is 26.4. The molecule has 0 fully saturated rings. The maximum atomic E-state index is 12.9. The lowest BCUT2D eigenvalue weighted by Crippen LogP contribution is -2.37. The fourth-order valence-corrected chi connectivity index (χ4v) is 4.40. The Bertz CT molecular complexity index is 759. The summed E-state index contributed by atoms with van der Waals surface area (Å²) in [6.07, 6.45) is 14.7.